The van der Waals surface area contributed by atoms with Gasteiger partial charge in [-0.2, -0.15) is 0 Å². The first-order valence-electron chi connectivity index (χ1n) is 2.18. The van der Waals surface area contributed by atoms with Gasteiger partial charge in [0, 0.05) is 12.2 Å². The van der Waals surface area contributed by atoms with Gasteiger partial charge in [-0.05, 0) is 6.42 Å². The Balaban J connectivity index is 2.82. The summed E-state index contributed by atoms with van der Waals surface area (Å²) in [7, 11) is 0. The van der Waals surface area contributed by atoms with Crippen LogP contribution in [-0.2, 0) is 0 Å². The quantitative estimate of drug-likeness (QED) is 0.419. The molecule has 3 heteroatoms. The van der Waals surface area contributed by atoms with Crippen molar-refractivity contribution >= 4 is 18.5 Å². The van der Waals surface area contributed by atoms with Crippen molar-refractivity contribution in [1.82, 2.24) is 0 Å². The maximum Gasteiger partial charge on any atom is 0.0905 e. The first kappa shape index (κ1) is 6.82. The van der Waals surface area contributed by atoms with Crippen molar-refractivity contribution in [2.45, 2.75) is 12.8 Å². The monoisotopic (exact) mass is 117 g/mol. The summed E-state index contributed by atoms with van der Waals surface area (Å²) in [5.41, 5.74) is 5.02. The van der Waals surface area contributed by atoms with Crippen molar-refractivity contribution in [1.29, 1.82) is 5.41 Å². The van der Waals surface area contributed by atoms with E-state index in [0.717, 1.165) is 6.42 Å². The average molecular weight is 117 g/mol. The fraction of sp³-hybridized carbons (Fsp3) is 0.750. The van der Waals surface area contributed by atoms with E-state index in [1.54, 1.807) is 0 Å². The zero-order valence-electron chi connectivity index (χ0n) is 4.11. The molecule has 0 amide bonds. The van der Waals surface area contributed by atoms with E-state index >= 15 is 0 Å². The van der Waals surface area contributed by atoms with Gasteiger partial charge in [-0.25, -0.2) is 0 Å². The van der Waals surface area contributed by atoms with Crippen LogP contribution >= 0.6 is 12.6 Å². The van der Waals surface area contributed by atoms with Crippen LogP contribution < -0.4 is 5.73 Å². The summed E-state index contributed by atoms with van der Waals surface area (Å²) >= 11 is 4.62. The van der Waals surface area contributed by atoms with Crippen LogP contribution in [0.3, 0.4) is 0 Å². The van der Waals surface area contributed by atoms with Crippen molar-refractivity contribution in [2.24, 2.45) is 5.73 Å². The highest BCUT2D eigenvalue weighted by Crippen LogP contribution is 1.87. The lowest BCUT2D eigenvalue weighted by molar-refractivity contribution is 0.992. The second kappa shape index (κ2) is 3.99. The Morgan fingerprint density at radius 1 is 1.71 bits per heavy atom. The number of hydrogen-bond donors (Lipinski definition) is 2. The normalized spacial score (nSPS) is 8.71. The van der Waals surface area contributed by atoms with Crippen molar-refractivity contribution in [3.05, 3.63) is 0 Å². The molecule has 0 aromatic carbocycles. The summed E-state index contributed by atoms with van der Waals surface area (Å²) < 4.78 is 0. The number of nitrogens with two attached hydrogens (primary N) is 1. The molecule has 0 atom stereocenters. The molecule has 2 nitrogen and oxygen atoms in total. The maximum absolute atomic E-state index is 6.73. The first-order chi connectivity index (χ1) is 3.27. The van der Waals surface area contributed by atoms with Gasteiger partial charge in [0.05, 0.1) is 5.84 Å². The summed E-state index contributed by atoms with van der Waals surface area (Å²) in [6, 6.07) is 0. The largest absolute Gasteiger partial charge is 0.388 e. The third-order valence-corrected chi connectivity index (χ3v) is 0.879. The van der Waals surface area contributed by atoms with E-state index in [1.165, 1.54) is 0 Å². The Labute approximate surface area is 49.0 Å². The second-order valence-electron chi connectivity index (χ2n) is 1.33. The van der Waals surface area contributed by atoms with Crippen LogP contribution in [0, 0.1) is 5.41 Å². The van der Waals surface area contributed by atoms with Crippen LogP contribution in [0.5, 0.6) is 0 Å². The molecule has 0 heterocycles. The topological polar surface area (TPSA) is 49.9 Å². The number of amidine groups is 1. The molecule has 0 rings (SSSR count). The minimum atomic E-state index is 0.241. The molecule has 0 saturated carbocycles. The van der Waals surface area contributed by atoms with E-state index in [1.807, 2.05) is 0 Å². The summed E-state index contributed by atoms with van der Waals surface area (Å²) in [5.74, 6) is 0.949. The van der Waals surface area contributed by atoms with E-state index in [0.29, 0.717) is 12.2 Å². The molecule has 3 N–H and O–H groups in total. The lowest BCUT2D eigenvalue weighted by Crippen LogP contribution is -2.08. The standard InChI is InChI=1S/C4H9N2S/c5-4(6)2-1-3-7/h1-3H2,(H3,5,6). The maximum atomic E-state index is 6.73. The lowest BCUT2D eigenvalue weighted by atomic mass is 10.3. The molecule has 0 aromatic heterocycles. The SMILES string of the molecule is N=C(N)CCC[S]. The summed E-state index contributed by atoms with van der Waals surface area (Å²) in [4.78, 5) is 0. The summed E-state index contributed by atoms with van der Waals surface area (Å²) in [5, 5.41) is 6.73. The average Bonchev–Trinajstić information content (AvgIpc) is 1.61. The van der Waals surface area contributed by atoms with Crippen molar-refractivity contribution in [2.75, 3.05) is 5.75 Å². The van der Waals surface area contributed by atoms with E-state index in [-0.39, 0.29) is 5.84 Å². The lowest BCUT2D eigenvalue weighted by Gasteiger charge is -1.89. The Morgan fingerprint density at radius 3 is 2.43 bits per heavy atom. The van der Waals surface area contributed by atoms with Gasteiger partial charge >= 0.3 is 0 Å². The van der Waals surface area contributed by atoms with Gasteiger partial charge in [0.15, 0.2) is 0 Å². The molecule has 1 radical (unpaired) electrons. The van der Waals surface area contributed by atoms with E-state index in [2.05, 4.69) is 12.6 Å². The third-order valence-electron chi connectivity index (χ3n) is 0.590. The zero-order valence-corrected chi connectivity index (χ0v) is 4.92. The molecule has 0 aliphatic rings. The molecule has 0 spiro atoms. The predicted molar refractivity (Wildman–Crippen MR) is 33.6 cm³/mol. The summed E-state index contributed by atoms with van der Waals surface area (Å²) in [6.45, 7) is 0. The van der Waals surface area contributed by atoms with E-state index in [9.17, 15) is 0 Å². The van der Waals surface area contributed by atoms with Crippen LogP contribution in [-0.4, -0.2) is 11.6 Å². The van der Waals surface area contributed by atoms with Crippen LogP contribution in [0.15, 0.2) is 0 Å². The first-order valence-corrected chi connectivity index (χ1v) is 2.76. The fourth-order valence-corrected chi connectivity index (χ4v) is 0.407. The minimum Gasteiger partial charge on any atom is -0.388 e. The Morgan fingerprint density at radius 2 is 2.29 bits per heavy atom. The second-order valence-corrected chi connectivity index (χ2v) is 1.74. The number of rotatable bonds is 3. The molecule has 41 valence electrons. The van der Waals surface area contributed by atoms with E-state index < -0.39 is 0 Å². The number of hydrogen-bond acceptors (Lipinski definition) is 1. The molecule has 0 aliphatic carbocycles. The molecule has 0 unspecified atom stereocenters. The zero-order chi connectivity index (χ0) is 5.70. The molecular weight excluding hydrogens is 108 g/mol. The van der Waals surface area contributed by atoms with Gasteiger partial charge in [-0.1, -0.05) is 12.6 Å². The summed E-state index contributed by atoms with van der Waals surface area (Å²) in [6.07, 6.45) is 1.52. The van der Waals surface area contributed by atoms with Crippen molar-refractivity contribution < 1.29 is 0 Å². The van der Waals surface area contributed by atoms with Crippen LogP contribution in [0.2, 0.25) is 0 Å². The van der Waals surface area contributed by atoms with Gasteiger partial charge in [-0.3, -0.25) is 5.41 Å². The molecular formula is C4H9N2S. The fourth-order valence-electron chi connectivity index (χ4n) is 0.263. The van der Waals surface area contributed by atoms with Crippen molar-refractivity contribution in [3.63, 3.8) is 0 Å². The van der Waals surface area contributed by atoms with Crippen molar-refractivity contribution in [3.8, 4) is 0 Å². The smallest absolute Gasteiger partial charge is 0.0905 e. The van der Waals surface area contributed by atoms with Gasteiger partial charge in [-0.15, -0.1) is 0 Å². The highest BCUT2D eigenvalue weighted by molar-refractivity contribution is 7.80. The van der Waals surface area contributed by atoms with Gasteiger partial charge in [0.25, 0.3) is 0 Å². The Hall–Kier alpha value is -0.180. The minimum absolute atomic E-state index is 0.241. The van der Waals surface area contributed by atoms with Crippen LogP contribution in [0.1, 0.15) is 12.8 Å². The van der Waals surface area contributed by atoms with Gasteiger partial charge < -0.3 is 5.73 Å². The molecule has 0 fully saturated rings. The van der Waals surface area contributed by atoms with E-state index in [4.69, 9.17) is 11.1 Å². The van der Waals surface area contributed by atoms with Crippen LogP contribution in [0.25, 0.3) is 0 Å². The molecule has 7 heavy (non-hydrogen) atoms. The van der Waals surface area contributed by atoms with Gasteiger partial charge in [0.1, 0.15) is 0 Å². The highest BCUT2D eigenvalue weighted by Gasteiger charge is 1.84. The molecule has 0 aliphatic heterocycles. The third kappa shape index (κ3) is 5.82. The molecule has 0 bridgehead atoms. The molecule has 0 aromatic rings. The Kier molecular flexibility index (Phi) is 3.89. The van der Waals surface area contributed by atoms with Crippen LogP contribution in [0.4, 0.5) is 0 Å². The van der Waals surface area contributed by atoms with Gasteiger partial charge in [0.2, 0.25) is 0 Å². The highest BCUT2D eigenvalue weighted by atomic mass is 32.1. The predicted octanol–water partition coefficient (Wildman–Crippen LogP) is 0.900. The Bertz CT molecular complexity index is 62.7. The molecule has 0 saturated heterocycles. The number of nitrogens with one attached hydrogen (secondary N) is 1.